The number of hydrogen-bond acceptors (Lipinski definition) is 5. The lowest BCUT2D eigenvalue weighted by Gasteiger charge is -2.14. The number of benzene rings is 2. The zero-order valence-corrected chi connectivity index (χ0v) is 24.4. The van der Waals surface area contributed by atoms with E-state index in [0.717, 1.165) is 27.6 Å². The molecule has 0 radical (unpaired) electrons. The maximum Gasteiger partial charge on any atom is 0.435 e. The molecule has 0 aliphatic heterocycles. The van der Waals surface area contributed by atoms with Crippen LogP contribution in [-0.4, -0.2) is 45.6 Å². The number of fused-ring (bicyclic) bond motifs is 1. The lowest BCUT2D eigenvalue weighted by atomic mass is 10.2. The summed E-state index contributed by atoms with van der Waals surface area (Å²) in [5, 5.41) is 14.8. The van der Waals surface area contributed by atoms with Crippen molar-refractivity contribution in [2.24, 2.45) is 0 Å². The largest absolute Gasteiger partial charge is 0.493 e. The van der Waals surface area contributed by atoms with Crippen LogP contribution in [-0.2, 0) is 11.0 Å². The summed E-state index contributed by atoms with van der Waals surface area (Å²) in [4.78, 5) is 11.7. The number of nitrogens with one attached hydrogen (secondary N) is 2. The van der Waals surface area contributed by atoms with Gasteiger partial charge in [-0.15, -0.1) is 0 Å². The van der Waals surface area contributed by atoms with Crippen LogP contribution in [0.1, 0.15) is 58.5 Å². The Morgan fingerprint density at radius 1 is 1.12 bits per heavy atom. The Labute approximate surface area is 244 Å². The number of carbonyl (C=O) groups is 1. The topological polar surface area (TPSA) is 94.1 Å². The minimum absolute atomic E-state index is 0. The second-order valence-electron chi connectivity index (χ2n) is 9.16. The summed E-state index contributed by atoms with van der Waals surface area (Å²) in [6.07, 6.45) is -1.53. The number of amides is 1. The van der Waals surface area contributed by atoms with Gasteiger partial charge in [0.25, 0.3) is 5.91 Å². The third-order valence-electron chi connectivity index (χ3n) is 5.13. The van der Waals surface area contributed by atoms with Crippen LogP contribution >= 0.6 is 11.6 Å². The quantitative estimate of drug-likeness (QED) is 0.238. The van der Waals surface area contributed by atoms with Crippen LogP contribution < -0.4 is 14.8 Å². The fraction of sp³-hybridized carbons (Fsp3) is 0.414. The van der Waals surface area contributed by atoms with Crippen molar-refractivity contribution in [1.82, 2.24) is 25.3 Å². The number of rotatable bonds is 6. The lowest BCUT2D eigenvalue weighted by molar-refractivity contribution is -0.141. The first-order valence-corrected chi connectivity index (χ1v) is 13.0. The Balaban J connectivity index is 0.000000462. The van der Waals surface area contributed by atoms with Crippen molar-refractivity contribution < 1.29 is 27.4 Å². The highest BCUT2D eigenvalue weighted by Crippen LogP contribution is 2.32. The molecule has 0 bridgehead atoms. The van der Waals surface area contributed by atoms with Gasteiger partial charge in [-0.05, 0) is 57.5 Å². The zero-order chi connectivity index (χ0) is 30.0. The van der Waals surface area contributed by atoms with Crippen molar-refractivity contribution in [1.29, 1.82) is 0 Å². The van der Waals surface area contributed by atoms with Crippen LogP contribution in [0.3, 0.4) is 0 Å². The van der Waals surface area contributed by atoms with Crippen molar-refractivity contribution in [2.75, 3.05) is 13.7 Å². The van der Waals surface area contributed by atoms with E-state index in [0.29, 0.717) is 17.1 Å². The second-order valence-corrected chi connectivity index (χ2v) is 9.54. The number of aryl methyl sites for hydroxylation is 2. The highest BCUT2D eigenvalue weighted by molar-refractivity contribution is 6.36. The first kappa shape index (κ1) is 35.3. The Bertz CT molecular complexity index is 1400. The Morgan fingerprint density at radius 3 is 2.34 bits per heavy atom. The number of alkyl halides is 3. The molecule has 0 spiro atoms. The van der Waals surface area contributed by atoms with Crippen LogP contribution in [0.25, 0.3) is 16.6 Å². The summed E-state index contributed by atoms with van der Waals surface area (Å²) in [6, 6.07) is 9.46. The molecule has 226 valence electrons. The van der Waals surface area contributed by atoms with Gasteiger partial charge >= 0.3 is 6.18 Å². The fourth-order valence-electron chi connectivity index (χ4n) is 3.38. The van der Waals surface area contributed by atoms with Gasteiger partial charge in [0.05, 0.1) is 29.5 Å². The van der Waals surface area contributed by atoms with Gasteiger partial charge in [0.1, 0.15) is 0 Å². The van der Waals surface area contributed by atoms with Crippen LogP contribution in [0.15, 0.2) is 42.6 Å². The Morgan fingerprint density at radius 2 is 1.78 bits per heavy atom. The minimum atomic E-state index is -4.52. The van der Waals surface area contributed by atoms with Crippen LogP contribution in [0, 0.1) is 13.8 Å². The number of nitrogens with zero attached hydrogens (tertiary/aromatic N) is 3. The van der Waals surface area contributed by atoms with Gasteiger partial charge in [0, 0.05) is 23.2 Å². The lowest BCUT2D eigenvalue weighted by Crippen LogP contribution is -2.34. The molecule has 0 saturated carbocycles. The van der Waals surface area contributed by atoms with E-state index in [-0.39, 0.29) is 31.7 Å². The van der Waals surface area contributed by atoms with Crippen LogP contribution in [0.4, 0.5) is 13.2 Å². The molecule has 4 rings (SSSR count). The summed E-state index contributed by atoms with van der Waals surface area (Å²) < 4.78 is 50.3. The van der Waals surface area contributed by atoms with Gasteiger partial charge in [-0.2, -0.15) is 23.4 Å². The molecule has 0 aliphatic carbocycles. The second kappa shape index (κ2) is 15.9. The predicted molar refractivity (Wildman–Crippen MR) is 157 cm³/mol. The predicted octanol–water partition coefficient (Wildman–Crippen LogP) is 7.69. The molecule has 2 aromatic carbocycles. The van der Waals surface area contributed by atoms with Gasteiger partial charge in [-0.25, -0.2) is 4.68 Å². The van der Waals surface area contributed by atoms with Gasteiger partial charge in [-0.1, -0.05) is 45.4 Å². The Kier molecular flexibility index (Phi) is 13.7. The number of halogens is 4. The highest BCUT2D eigenvalue weighted by Gasteiger charge is 2.34. The molecule has 12 heteroatoms. The molecule has 0 fully saturated rings. The first-order valence-electron chi connectivity index (χ1n) is 12.6. The number of methoxy groups -OCH3 is 1. The fourth-order valence-corrected chi connectivity index (χ4v) is 3.59. The van der Waals surface area contributed by atoms with Crippen molar-refractivity contribution in [3.05, 3.63) is 64.6 Å². The molecule has 0 aliphatic rings. The molecule has 0 saturated heterocycles. The Hall–Kier alpha value is -3.73. The molecule has 2 N–H and O–H groups in total. The van der Waals surface area contributed by atoms with E-state index in [9.17, 15) is 18.0 Å². The molecular formula is C29H39ClF3N5O3. The summed E-state index contributed by atoms with van der Waals surface area (Å²) in [5.41, 5.74) is 1.80. The van der Waals surface area contributed by atoms with E-state index < -0.39 is 11.9 Å². The summed E-state index contributed by atoms with van der Waals surface area (Å²) in [5.74, 6) is 0.295. The molecule has 0 unspecified atom stereocenters. The standard InChI is InChI=1S/C17H20F3N3O3.C8H7ClN2.C3H8.CH4/c1-10(2)21-16(24)9-26-13-6-5-12(8-14(13)25-4)23-11(3)7-15(22-23)17(18,19)20;1-5-2-3-7-6(8(5)9)4-10-11-7;1-3-2;/h5-8,10H,9H2,1-4H3,(H,21,24);2-4H,1H3,(H,10,11);3H2,1-2H3;1H4. The maximum atomic E-state index is 12.8. The number of H-pyrrole nitrogens is 1. The molecule has 1 amide bonds. The van der Waals surface area contributed by atoms with Crippen LogP contribution in [0.5, 0.6) is 11.5 Å². The monoisotopic (exact) mass is 597 g/mol. The third kappa shape index (κ3) is 10.00. The first-order chi connectivity index (χ1) is 18.8. The number of ether oxygens (including phenoxy) is 2. The van der Waals surface area contributed by atoms with Crippen molar-refractivity contribution >= 4 is 28.4 Å². The molecule has 2 heterocycles. The van der Waals surface area contributed by atoms with Gasteiger partial charge < -0.3 is 14.8 Å². The highest BCUT2D eigenvalue weighted by atomic mass is 35.5. The van der Waals surface area contributed by atoms with E-state index in [1.807, 2.05) is 32.9 Å². The average molecular weight is 598 g/mol. The molecule has 2 aromatic heterocycles. The smallest absolute Gasteiger partial charge is 0.435 e. The number of aromatic nitrogens is 4. The maximum absolute atomic E-state index is 12.8. The normalized spacial score (nSPS) is 10.6. The number of hydrogen-bond donors (Lipinski definition) is 2. The van der Waals surface area contributed by atoms with E-state index in [1.54, 1.807) is 12.3 Å². The number of aromatic amines is 1. The SMILES string of the molecule is C.CCC.COc1cc(-n2nc(C(F)(F)F)cc2C)ccc1OCC(=O)NC(C)C.Cc1ccc2[nH]ncc2c1Cl. The molecule has 8 nitrogen and oxygen atoms in total. The molecule has 0 atom stereocenters. The van der Waals surface area contributed by atoms with Gasteiger partial charge in [-0.3, -0.25) is 9.89 Å². The zero-order valence-electron chi connectivity index (χ0n) is 23.6. The van der Waals surface area contributed by atoms with E-state index in [2.05, 4.69) is 34.5 Å². The van der Waals surface area contributed by atoms with Crippen molar-refractivity contribution in [2.45, 2.75) is 67.6 Å². The van der Waals surface area contributed by atoms with E-state index in [1.165, 1.54) is 37.3 Å². The van der Waals surface area contributed by atoms with Gasteiger partial charge in [0.2, 0.25) is 0 Å². The van der Waals surface area contributed by atoms with E-state index >= 15 is 0 Å². The van der Waals surface area contributed by atoms with Crippen molar-refractivity contribution in [3.8, 4) is 17.2 Å². The summed E-state index contributed by atoms with van der Waals surface area (Å²) in [7, 11) is 1.40. The summed E-state index contributed by atoms with van der Waals surface area (Å²) >= 11 is 6.01. The van der Waals surface area contributed by atoms with Crippen LogP contribution in [0.2, 0.25) is 5.02 Å². The molecular weight excluding hydrogens is 559 g/mol. The minimum Gasteiger partial charge on any atom is -0.493 e. The third-order valence-corrected chi connectivity index (χ3v) is 5.63. The summed E-state index contributed by atoms with van der Waals surface area (Å²) in [6.45, 7) is 11.2. The number of carbonyl (C=O) groups excluding carboxylic acids is 1. The average Bonchev–Trinajstić information content (AvgIpc) is 3.52. The molecule has 4 aromatic rings. The van der Waals surface area contributed by atoms with Gasteiger partial charge in [0.15, 0.2) is 23.8 Å². The van der Waals surface area contributed by atoms with Crippen molar-refractivity contribution in [3.63, 3.8) is 0 Å². The molecule has 41 heavy (non-hydrogen) atoms. The van der Waals surface area contributed by atoms with E-state index in [4.69, 9.17) is 21.1 Å².